The Balaban J connectivity index is 2.19. The number of benzene rings is 1. The molecule has 2 saturated heterocycles. The molecule has 0 saturated carbocycles. The molecule has 2 N–H and O–H groups in total. The molecule has 0 aromatic heterocycles. The number of carboxylic acids is 1. The Morgan fingerprint density at radius 2 is 1.74 bits per heavy atom. The number of amides is 2. The van der Waals surface area contributed by atoms with Crippen molar-refractivity contribution in [2.75, 3.05) is 0 Å². The van der Waals surface area contributed by atoms with E-state index in [2.05, 4.69) is 5.32 Å². The summed E-state index contributed by atoms with van der Waals surface area (Å²) in [6, 6.07) is 6.37. The second-order valence-electron chi connectivity index (χ2n) is 8.69. The molecule has 0 bridgehead atoms. The molecule has 2 aliphatic rings. The fourth-order valence-corrected chi connectivity index (χ4v) is 4.66. The highest BCUT2D eigenvalue weighted by Gasteiger charge is 2.70. The number of imide groups is 1. The molecule has 0 aliphatic carbocycles. The van der Waals surface area contributed by atoms with Gasteiger partial charge in [0.1, 0.15) is 5.54 Å². The molecule has 3 rings (SSSR count). The summed E-state index contributed by atoms with van der Waals surface area (Å²) in [6.07, 6.45) is 0. The Labute approximate surface area is 163 Å². The summed E-state index contributed by atoms with van der Waals surface area (Å²) in [6.45, 7) is 8.88. The number of carboxylic acid groups (broad SMARTS) is 1. The van der Waals surface area contributed by atoms with E-state index in [1.807, 2.05) is 0 Å². The molecule has 6 nitrogen and oxygen atoms in total. The quantitative estimate of drug-likeness (QED) is 0.772. The van der Waals surface area contributed by atoms with Gasteiger partial charge in [-0.2, -0.15) is 0 Å². The van der Waals surface area contributed by atoms with Crippen molar-refractivity contribution in [3.63, 3.8) is 0 Å². The first-order valence-electron chi connectivity index (χ1n) is 9.07. The number of hydrogen-bond acceptors (Lipinski definition) is 4. The first kappa shape index (κ1) is 19.8. The van der Waals surface area contributed by atoms with Gasteiger partial charge in [-0.3, -0.25) is 24.6 Å². The van der Waals surface area contributed by atoms with Crippen LogP contribution >= 0.6 is 11.6 Å². The summed E-state index contributed by atoms with van der Waals surface area (Å²) < 4.78 is 0. The SMILES string of the molecule is CC(C)C1(C(=O)O)NC(c2ccc(Cl)cc2)C2C(=O)N(C(C)(C)C)C(=O)C21. The summed E-state index contributed by atoms with van der Waals surface area (Å²) in [5.41, 5.74) is -1.48. The van der Waals surface area contributed by atoms with E-state index in [0.29, 0.717) is 5.02 Å². The van der Waals surface area contributed by atoms with Crippen LogP contribution in [0.15, 0.2) is 24.3 Å². The topological polar surface area (TPSA) is 86.7 Å². The second-order valence-corrected chi connectivity index (χ2v) is 9.13. The maximum atomic E-state index is 13.3. The molecule has 0 spiro atoms. The summed E-state index contributed by atoms with van der Waals surface area (Å²) in [5, 5.41) is 13.8. The Morgan fingerprint density at radius 1 is 1.19 bits per heavy atom. The number of carbonyl (C=O) groups excluding carboxylic acids is 2. The third-order valence-corrected chi connectivity index (χ3v) is 6.01. The lowest BCUT2D eigenvalue weighted by Gasteiger charge is -2.37. The van der Waals surface area contributed by atoms with Crippen molar-refractivity contribution in [1.82, 2.24) is 10.2 Å². The minimum Gasteiger partial charge on any atom is -0.480 e. The maximum absolute atomic E-state index is 13.3. The molecular weight excluding hydrogens is 368 g/mol. The number of aliphatic carboxylic acids is 1. The number of halogens is 1. The van der Waals surface area contributed by atoms with Crippen LogP contribution in [0.3, 0.4) is 0 Å². The fourth-order valence-electron chi connectivity index (χ4n) is 4.53. The highest BCUT2D eigenvalue weighted by molar-refractivity contribution is 6.30. The number of rotatable bonds is 3. The van der Waals surface area contributed by atoms with Crippen LogP contribution in [-0.2, 0) is 14.4 Å². The zero-order chi connectivity index (χ0) is 20.3. The molecule has 4 unspecified atom stereocenters. The van der Waals surface area contributed by atoms with Gasteiger partial charge in [0.25, 0.3) is 0 Å². The third kappa shape index (κ3) is 2.77. The Hall–Kier alpha value is -1.92. The van der Waals surface area contributed by atoms with E-state index in [-0.39, 0.29) is 5.91 Å². The van der Waals surface area contributed by atoms with Crippen LogP contribution < -0.4 is 5.32 Å². The summed E-state index contributed by atoms with van der Waals surface area (Å²) in [7, 11) is 0. The molecule has 2 amide bonds. The molecule has 2 heterocycles. The first-order chi connectivity index (χ1) is 12.4. The van der Waals surface area contributed by atoms with Crippen LogP contribution in [0.4, 0.5) is 0 Å². The van der Waals surface area contributed by atoms with E-state index >= 15 is 0 Å². The minimum absolute atomic E-state index is 0.325. The average molecular weight is 393 g/mol. The van der Waals surface area contributed by atoms with Gasteiger partial charge in [0, 0.05) is 16.6 Å². The Bertz CT molecular complexity index is 799. The van der Waals surface area contributed by atoms with E-state index in [1.165, 1.54) is 4.90 Å². The van der Waals surface area contributed by atoms with E-state index in [9.17, 15) is 19.5 Å². The van der Waals surface area contributed by atoms with Crippen molar-refractivity contribution in [3.05, 3.63) is 34.9 Å². The van der Waals surface area contributed by atoms with Crippen LogP contribution in [-0.4, -0.2) is 38.9 Å². The van der Waals surface area contributed by atoms with Gasteiger partial charge in [-0.05, 0) is 44.4 Å². The molecule has 4 atom stereocenters. The van der Waals surface area contributed by atoms with Gasteiger partial charge in [0.2, 0.25) is 11.8 Å². The normalized spacial score (nSPS) is 30.9. The third-order valence-electron chi connectivity index (χ3n) is 5.76. The van der Waals surface area contributed by atoms with Gasteiger partial charge in [0.15, 0.2) is 0 Å². The lowest BCUT2D eigenvalue weighted by molar-refractivity contribution is -0.155. The van der Waals surface area contributed by atoms with E-state index in [0.717, 1.165) is 5.56 Å². The summed E-state index contributed by atoms with van der Waals surface area (Å²) >= 11 is 5.98. The molecular formula is C20H25ClN2O4. The van der Waals surface area contributed by atoms with Crippen molar-refractivity contribution in [2.24, 2.45) is 17.8 Å². The molecule has 1 aromatic rings. The van der Waals surface area contributed by atoms with Crippen molar-refractivity contribution in [1.29, 1.82) is 0 Å². The number of fused-ring (bicyclic) bond motifs is 1. The number of carbonyl (C=O) groups is 3. The monoisotopic (exact) mass is 392 g/mol. The van der Waals surface area contributed by atoms with Crippen LogP contribution in [0.25, 0.3) is 0 Å². The van der Waals surface area contributed by atoms with Crippen LogP contribution in [0, 0.1) is 17.8 Å². The maximum Gasteiger partial charge on any atom is 0.325 e. The fraction of sp³-hybridized carbons (Fsp3) is 0.550. The van der Waals surface area contributed by atoms with Crippen molar-refractivity contribution < 1.29 is 19.5 Å². The molecule has 7 heteroatoms. The van der Waals surface area contributed by atoms with E-state index in [4.69, 9.17) is 11.6 Å². The second kappa shape index (κ2) is 6.31. The molecule has 2 aliphatic heterocycles. The van der Waals surface area contributed by atoms with Gasteiger partial charge < -0.3 is 5.11 Å². The van der Waals surface area contributed by atoms with Crippen LogP contribution in [0.2, 0.25) is 5.02 Å². The van der Waals surface area contributed by atoms with Crippen LogP contribution in [0.1, 0.15) is 46.2 Å². The predicted octanol–water partition coefficient (Wildman–Crippen LogP) is 2.86. The largest absolute Gasteiger partial charge is 0.480 e. The number of likely N-dealkylation sites (tertiary alicyclic amines) is 1. The van der Waals surface area contributed by atoms with Gasteiger partial charge in [-0.1, -0.05) is 37.6 Å². The number of hydrogen-bond donors (Lipinski definition) is 2. The highest BCUT2D eigenvalue weighted by Crippen LogP contribution is 2.52. The van der Waals surface area contributed by atoms with Gasteiger partial charge in [-0.25, -0.2) is 0 Å². The molecule has 146 valence electrons. The molecule has 2 fully saturated rings. The smallest absolute Gasteiger partial charge is 0.325 e. The highest BCUT2D eigenvalue weighted by atomic mass is 35.5. The molecule has 27 heavy (non-hydrogen) atoms. The molecule has 1 aromatic carbocycles. The number of nitrogens with zero attached hydrogens (tertiary/aromatic N) is 1. The Morgan fingerprint density at radius 3 is 2.19 bits per heavy atom. The van der Waals surface area contributed by atoms with Gasteiger partial charge >= 0.3 is 5.97 Å². The predicted molar refractivity (Wildman–Crippen MR) is 101 cm³/mol. The van der Waals surface area contributed by atoms with E-state index in [1.54, 1.807) is 58.9 Å². The standard InChI is InChI=1S/C20H25ClN2O4/c1-10(2)20(18(26)27)14-13(16(24)23(17(14)25)19(3,4)5)15(22-20)11-6-8-12(21)9-7-11/h6-10,13-15,22H,1-5H3,(H,26,27). The zero-order valence-corrected chi connectivity index (χ0v) is 16.9. The van der Waals surface area contributed by atoms with Gasteiger partial charge in [0.05, 0.1) is 11.8 Å². The van der Waals surface area contributed by atoms with Gasteiger partial charge in [-0.15, -0.1) is 0 Å². The average Bonchev–Trinajstić information content (AvgIpc) is 3.03. The lowest BCUT2D eigenvalue weighted by Crippen LogP contribution is -2.60. The zero-order valence-electron chi connectivity index (χ0n) is 16.1. The lowest BCUT2D eigenvalue weighted by atomic mass is 9.73. The van der Waals surface area contributed by atoms with Crippen molar-refractivity contribution >= 4 is 29.4 Å². The van der Waals surface area contributed by atoms with Crippen molar-refractivity contribution in [2.45, 2.75) is 51.7 Å². The van der Waals surface area contributed by atoms with E-state index < -0.39 is 46.7 Å². The minimum atomic E-state index is -1.51. The Kier molecular flexibility index (Phi) is 4.64. The summed E-state index contributed by atoms with van der Waals surface area (Å²) in [5.74, 6) is -3.97. The number of nitrogens with one attached hydrogen (secondary N) is 1. The summed E-state index contributed by atoms with van der Waals surface area (Å²) in [4.78, 5) is 40.2. The van der Waals surface area contributed by atoms with Crippen molar-refractivity contribution in [3.8, 4) is 0 Å². The first-order valence-corrected chi connectivity index (χ1v) is 9.45. The van der Waals surface area contributed by atoms with Crippen LogP contribution in [0.5, 0.6) is 0 Å². The molecule has 0 radical (unpaired) electrons.